The Bertz CT molecular complexity index is 1720. The molecule has 3 aromatic carbocycles. The third-order valence-corrected chi connectivity index (χ3v) is 7.41. The van der Waals surface area contributed by atoms with Crippen LogP contribution >= 0.6 is 11.6 Å². The van der Waals surface area contributed by atoms with Crippen molar-refractivity contribution in [2.45, 2.75) is 50.1 Å². The fourth-order valence-electron chi connectivity index (χ4n) is 4.91. The molecule has 0 bridgehead atoms. The van der Waals surface area contributed by atoms with Crippen LogP contribution in [0.3, 0.4) is 0 Å². The van der Waals surface area contributed by atoms with Crippen molar-refractivity contribution < 1.29 is 5.76 Å². The predicted octanol–water partition coefficient (Wildman–Crippen LogP) is 7.18. The van der Waals surface area contributed by atoms with Crippen LogP contribution < -0.4 is 5.32 Å². The number of aromatic nitrogens is 5. The molecular formula is C31H27ClFN7. The summed E-state index contributed by atoms with van der Waals surface area (Å²) in [5.41, 5.74) is 3.47. The second-order valence-corrected chi connectivity index (χ2v) is 10.4. The van der Waals surface area contributed by atoms with Gasteiger partial charge in [-0.1, -0.05) is 59.3 Å². The molecule has 1 fully saturated rings. The average Bonchev–Trinajstić information content (AvgIpc) is 3.71. The van der Waals surface area contributed by atoms with Crippen molar-refractivity contribution in [2.75, 3.05) is 5.32 Å². The lowest BCUT2D eigenvalue weighted by Gasteiger charge is -2.20. The molecule has 1 aliphatic carbocycles. The molecule has 7 nitrogen and oxygen atoms in total. The number of benzene rings is 3. The van der Waals surface area contributed by atoms with Crippen LogP contribution in [0.4, 0.5) is 10.2 Å². The molecule has 0 saturated heterocycles. The van der Waals surface area contributed by atoms with Gasteiger partial charge < -0.3 is 5.32 Å². The normalized spacial score (nSPS) is 15.7. The minimum absolute atomic E-state index is 0.150. The fourth-order valence-corrected chi connectivity index (χ4v) is 5.20. The van der Waals surface area contributed by atoms with Crippen molar-refractivity contribution in [3.8, 4) is 6.07 Å². The van der Waals surface area contributed by atoms with Crippen molar-refractivity contribution in [1.29, 1.82) is 5.26 Å². The molecule has 9 heteroatoms. The number of hydrogen-bond donors (Lipinski definition) is 1. The van der Waals surface area contributed by atoms with Gasteiger partial charge in [-0.15, -0.1) is 5.10 Å². The summed E-state index contributed by atoms with van der Waals surface area (Å²) in [6.45, 7) is 0. The third kappa shape index (κ3) is 5.65. The van der Waals surface area contributed by atoms with Gasteiger partial charge in [-0.25, -0.2) is 19.0 Å². The lowest BCUT2D eigenvalue weighted by molar-refractivity contribution is 0.610. The first-order valence-electron chi connectivity index (χ1n) is 13.7. The van der Waals surface area contributed by atoms with E-state index < -0.39 is 5.89 Å². The average molecular weight is 553 g/mol. The summed E-state index contributed by atoms with van der Waals surface area (Å²) >= 11 is 6.76. The van der Waals surface area contributed by atoms with Gasteiger partial charge in [-0.3, -0.25) is 0 Å². The van der Waals surface area contributed by atoms with Crippen LogP contribution in [0, 0.1) is 17.1 Å². The predicted molar refractivity (Wildman–Crippen MR) is 152 cm³/mol. The van der Waals surface area contributed by atoms with E-state index in [1.807, 2.05) is 53.3 Å². The Morgan fingerprint density at radius 1 is 1.10 bits per heavy atom. The van der Waals surface area contributed by atoms with Gasteiger partial charge in [0, 0.05) is 25.3 Å². The number of fused-ring (bicyclic) bond motifs is 1. The lowest BCUT2D eigenvalue weighted by atomic mass is 9.89. The molecule has 2 aromatic heterocycles. The zero-order valence-electron chi connectivity index (χ0n) is 22.6. The van der Waals surface area contributed by atoms with Gasteiger partial charge >= 0.3 is 0 Å². The smallest absolute Gasteiger partial charge is 0.137 e. The van der Waals surface area contributed by atoms with Crippen molar-refractivity contribution in [1.82, 2.24) is 25.0 Å². The first-order chi connectivity index (χ1) is 19.9. The molecule has 1 saturated carbocycles. The molecule has 0 amide bonds. The topological polar surface area (TPSA) is 92.3 Å². The molecule has 1 aliphatic rings. The maximum atomic E-state index is 13.8. The van der Waals surface area contributed by atoms with Crippen molar-refractivity contribution >= 4 is 28.3 Å². The molecule has 40 heavy (non-hydrogen) atoms. The van der Waals surface area contributed by atoms with Gasteiger partial charge in [-0.2, -0.15) is 5.26 Å². The highest BCUT2D eigenvalue weighted by Crippen LogP contribution is 2.37. The first kappa shape index (κ1) is 24.7. The van der Waals surface area contributed by atoms with E-state index >= 15 is 0 Å². The highest BCUT2D eigenvalue weighted by Gasteiger charge is 2.27. The van der Waals surface area contributed by atoms with Gasteiger partial charge in [0.15, 0.2) is 0 Å². The third-order valence-electron chi connectivity index (χ3n) is 7.12. The van der Waals surface area contributed by atoms with E-state index in [9.17, 15) is 11.0 Å². The summed E-state index contributed by atoms with van der Waals surface area (Å²) < 4.78 is 25.3. The largest absolute Gasteiger partial charge is 0.363 e. The van der Waals surface area contributed by atoms with E-state index in [2.05, 4.69) is 31.7 Å². The number of anilines is 1. The number of hydrogen-bond acceptors (Lipinski definition) is 6. The van der Waals surface area contributed by atoms with Crippen molar-refractivity contribution in [3.05, 3.63) is 112 Å². The van der Waals surface area contributed by atoms with Gasteiger partial charge in [-0.05, 0) is 66.6 Å². The van der Waals surface area contributed by atoms with Crippen molar-refractivity contribution in [3.63, 3.8) is 0 Å². The summed E-state index contributed by atoms with van der Waals surface area (Å²) in [5, 5.41) is 22.6. The minimum atomic E-state index is -1.35. The number of rotatable bonds is 10. The Morgan fingerprint density at radius 3 is 2.65 bits per heavy atom. The van der Waals surface area contributed by atoms with Crippen LogP contribution in [-0.4, -0.2) is 25.0 Å². The molecule has 2 atom stereocenters. The Kier molecular flexibility index (Phi) is 7.04. The highest BCUT2D eigenvalue weighted by atomic mass is 35.5. The fraction of sp³-hybridized carbons (Fsp3) is 0.258. The van der Waals surface area contributed by atoms with E-state index in [0.717, 1.165) is 24.0 Å². The summed E-state index contributed by atoms with van der Waals surface area (Å²) in [4.78, 5) is 8.96. The van der Waals surface area contributed by atoms with Gasteiger partial charge in [0.25, 0.3) is 0 Å². The van der Waals surface area contributed by atoms with E-state index in [-0.39, 0.29) is 18.3 Å². The second kappa shape index (κ2) is 11.4. The van der Waals surface area contributed by atoms with Crippen LogP contribution in [-0.2, 0) is 6.42 Å². The van der Waals surface area contributed by atoms with E-state index in [1.54, 1.807) is 12.1 Å². The van der Waals surface area contributed by atoms with E-state index in [1.165, 1.54) is 18.5 Å². The molecule has 0 radical (unpaired) electrons. The zero-order valence-corrected chi connectivity index (χ0v) is 22.4. The molecule has 6 rings (SSSR count). The molecular weight excluding hydrogens is 525 g/mol. The second-order valence-electron chi connectivity index (χ2n) is 9.98. The van der Waals surface area contributed by atoms with Crippen LogP contribution in [0.25, 0.3) is 10.9 Å². The SMILES string of the molecule is [2H][C@@](Cc1cc(Cl)c2ncnc(N[C@H](CCC#N)c3ccccc3)c2c1)(c1ccc(F)cc1)c1cn(C2CC2)nn1. The molecule has 200 valence electrons. The molecule has 0 spiro atoms. The molecule has 0 unspecified atom stereocenters. The maximum Gasteiger partial charge on any atom is 0.137 e. The number of halogens is 2. The van der Waals surface area contributed by atoms with Gasteiger partial charge in [0.05, 0.1) is 34.4 Å². The maximum absolute atomic E-state index is 13.8. The Morgan fingerprint density at radius 2 is 1.90 bits per heavy atom. The van der Waals surface area contributed by atoms with Crippen molar-refractivity contribution in [2.24, 2.45) is 0 Å². The number of nitrogens with one attached hydrogen (secondary N) is 1. The summed E-state index contributed by atoms with van der Waals surface area (Å²) in [6.07, 6.45) is 6.55. The summed E-state index contributed by atoms with van der Waals surface area (Å²) in [7, 11) is 0. The highest BCUT2D eigenvalue weighted by molar-refractivity contribution is 6.35. The summed E-state index contributed by atoms with van der Waals surface area (Å²) in [5.74, 6) is -1.13. The van der Waals surface area contributed by atoms with Crippen LogP contribution in [0.5, 0.6) is 0 Å². The van der Waals surface area contributed by atoms with Gasteiger partial charge in [0.1, 0.15) is 18.0 Å². The minimum Gasteiger partial charge on any atom is -0.363 e. The van der Waals surface area contributed by atoms with Crippen LogP contribution in [0.2, 0.25) is 5.02 Å². The van der Waals surface area contributed by atoms with E-state index in [4.69, 9.17) is 11.6 Å². The Hall–Kier alpha value is -4.35. The first-order valence-corrected chi connectivity index (χ1v) is 13.6. The lowest BCUT2D eigenvalue weighted by Crippen LogP contribution is -2.12. The quantitative estimate of drug-likeness (QED) is 0.197. The number of nitriles is 1. The van der Waals surface area contributed by atoms with Crippen LogP contribution in [0.15, 0.2) is 79.3 Å². The van der Waals surface area contributed by atoms with Crippen LogP contribution in [0.1, 0.15) is 67.4 Å². The zero-order chi connectivity index (χ0) is 28.4. The summed E-state index contributed by atoms with van der Waals surface area (Å²) in [6, 6.07) is 22.0. The Labute approximate surface area is 238 Å². The number of nitrogens with zero attached hydrogens (tertiary/aromatic N) is 6. The van der Waals surface area contributed by atoms with E-state index in [0.29, 0.717) is 51.9 Å². The standard InChI is InChI=1S/C31H27ClFN7/c32-27-17-20(15-25(21-8-10-23(33)11-9-21)29-18-40(39-38-29)24-12-13-24)16-26-30(27)35-19-36-31(26)37-28(7-4-14-34)22-5-2-1-3-6-22/h1-3,5-6,8-11,16-19,24-25,28H,4,7,12-13,15H2,(H,35,36,37)/t25-,28-/m1/s1/i25D. The molecule has 5 aromatic rings. The molecule has 0 aliphatic heterocycles. The Balaban J connectivity index is 1.40. The molecule has 2 heterocycles. The van der Waals surface area contributed by atoms with Gasteiger partial charge in [0.2, 0.25) is 0 Å². The molecule has 1 N–H and O–H groups in total. The monoisotopic (exact) mass is 552 g/mol.